The van der Waals surface area contributed by atoms with Gasteiger partial charge in [0.25, 0.3) is 0 Å². The van der Waals surface area contributed by atoms with Crippen molar-refractivity contribution in [3.63, 3.8) is 0 Å². The molecular weight excluding hydrogens is 296 g/mol. The second-order valence-electron chi connectivity index (χ2n) is 7.65. The quantitative estimate of drug-likeness (QED) is 0.592. The number of hydrogen-bond acceptors (Lipinski definition) is 5. The fourth-order valence-corrected chi connectivity index (χ4v) is 3.61. The third-order valence-corrected chi connectivity index (χ3v) is 4.87. The van der Waals surface area contributed by atoms with Crippen molar-refractivity contribution in [3.8, 4) is 0 Å². The molecule has 1 amide bonds. The zero-order valence-corrected chi connectivity index (χ0v) is 15.1. The molecule has 0 heterocycles. The molecule has 6 heteroatoms. The minimum atomic E-state index is -0.712. The molecule has 0 aromatic heterocycles. The van der Waals surface area contributed by atoms with Gasteiger partial charge in [-0.05, 0) is 33.1 Å². The number of nitrogens with one attached hydrogen (secondary N) is 1. The molecule has 1 saturated carbocycles. The Morgan fingerprint density at radius 3 is 2.35 bits per heavy atom. The largest absolute Gasteiger partial charge is 0.444 e. The molecular formula is C17H34N2O4. The van der Waals surface area contributed by atoms with Gasteiger partial charge >= 0.3 is 6.09 Å². The number of ether oxygens (including phenoxy) is 1. The summed E-state index contributed by atoms with van der Waals surface area (Å²) in [6.07, 6.45) is 1.13. The molecule has 0 radical (unpaired) electrons. The molecule has 23 heavy (non-hydrogen) atoms. The monoisotopic (exact) mass is 330 g/mol. The Bertz CT molecular complexity index is 379. The van der Waals surface area contributed by atoms with Crippen molar-refractivity contribution >= 4 is 6.09 Å². The summed E-state index contributed by atoms with van der Waals surface area (Å²) in [4.78, 5) is 12.1. The van der Waals surface area contributed by atoms with E-state index < -0.39 is 17.8 Å². The van der Waals surface area contributed by atoms with Crippen LogP contribution in [0, 0.1) is 17.8 Å². The van der Waals surface area contributed by atoms with Crippen molar-refractivity contribution in [1.29, 1.82) is 0 Å². The van der Waals surface area contributed by atoms with E-state index in [2.05, 4.69) is 19.2 Å². The molecule has 0 aliphatic heterocycles. The summed E-state index contributed by atoms with van der Waals surface area (Å²) >= 11 is 0. The van der Waals surface area contributed by atoms with E-state index in [-0.39, 0.29) is 36.4 Å². The van der Waals surface area contributed by atoms with Gasteiger partial charge in [-0.1, -0.05) is 26.7 Å². The molecule has 5 atom stereocenters. The standard InChI is InChI=1S/C17H34N2O4/c1-6-10(7-2)14(18)13-12(8-11(9-20)15(13)21)19-16(22)23-17(3,4)5/h10-15,20-21H,6-9,18H2,1-5H3,(H,19,22)/t11-,12-,13-,14+,15-/m1/s1. The molecule has 0 aromatic carbocycles. The Morgan fingerprint density at radius 2 is 1.91 bits per heavy atom. The molecule has 1 aliphatic carbocycles. The van der Waals surface area contributed by atoms with Gasteiger partial charge in [0.05, 0.1) is 6.10 Å². The summed E-state index contributed by atoms with van der Waals surface area (Å²) in [6, 6.07) is -0.510. The summed E-state index contributed by atoms with van der Waals surface area (Å²) in [5, 5.41) is 22.9. The van der Waals surface area contributed by atoms with Gasteiger partial charge in [0.1, 0.15) is 5.60 Å². The molecule has 0 spiro atoms. The third kappa shape index (κ3) is 5.33. The van der Waals surface area contributed by atoms with Crippen molar-refractivity contribution in [2.45, 2.75) is 77.7 Å². The molecule has 0 unspecified atom stereocenters. The van der Waals surface area contributed by atoms with Gasteiger partial charge in [-0.3, -0.25) is 0 Å². The SMILES string of the molecule is CCC(CC)[C@H](N)[C@@H]1[C@H](O)[C@@H](CO)C[C@H]1NC(=O)OC(C)(C)C. The normalized spacial score (nSPS) is 29.6. The van der Waals surface area contributed by atoms with Crippen LogP contribution in [0.3, 0.4) is 0 Å². The Balaban J connectivity index is 2.87. The summed E-state index contributed by atoms with van der Waals surface area (Å²) < 4.78 is 5.31. The van der Waals surface area contributed by atoms with E-state index in [1.807, 2.05) is 0 Å². The van der Waals surface area contributed by atoms with Crippen LogP contribution in [0.25, 0.3) is 0 Å². The van der Waals surface area contributed by atoms with E-state index in [1.165, 1.54) is 0 Å². The first-order valence-electron chi connectivity index (χ1n) is 8.68. The van der Waals surface area contributed by atoms with Gasteiger partial charge < -0.3 is 26.0 Å². The minimum absolute atomic E-state index is 0.111. The number of aliphatic hydroxyl groups is 2. The number of hydrogen-bond donors (Lipinski definition) is 4. The molecule has 1 fully saturated rings. The van der Waals surface area contributed by atoms with Gasteiger partial charge in [-0.15, -0.1) is 0 Å². The molecule has 0 aromatic rings. The van der Waals surface area contributed by atoms with E-state index in [1.54, 1.807) is 20.8 Å². The lowest BCUT2D eigenvalue weighted by atomic mass is 9.81. The molecule has 0 bridgehead atoms. The molecule has 1 aliphatic rings. The fraction of sp³-hybridized carbons (Fsp3) is 0.941. The number of aliphatic hydroxyl groups excluding tert-OH is 2. The maximum absolute atomic E-state index is 12.1. The predicted molar refractivity (Wildman–Crippen MR) is 89.9 cm³/mol. The highest BCUT2D eigenvalue weighted by Crippen LogP contribution is 2.36. The van der Waals surface area contributed by atoms with Crippen LogP contribution in [-0.4, -0.2) is 46.7 Å². The summed E-state index contributed by atoms with van der Waals surface area (Å²) in [5.74, 6) is -0.264. The summed E-state index contributed by atoms with van der Waals surface area (Å²) in [5.41, 5.74) is 5.83. The molecule has 0 saturated heterocycles. The zero-order valence-electron chi connectivity index (χ0n) is 15.1. The Hall–Kier alpha value is -0.850. The van der Waals surface area contributed by atoms with E-state index in [9.17, 15) is 15.0 Å². The number of nitrogens with two attached hydrogens (primary N) is 1. The van der Waals surface area contributed by atoms with Crippen molar-refractivity contribution in [2.75, 3.05) is 6.61 Å². The van der Waals surface area contributed by atoms with Crippen LogP contribution in [-0.2, 0) is 4.74 Å². The van der Waals surface area contributed by atoms with Crippen molar-refractivity contribution in [2.24, 2.45) is 23.5 Å². The third-order valence-electron chi connectivity index (χ3n) is 4.87. The average Bonchev–Trinajstić information content (AvgIpc) is 2.73. The highest BCUT2D eigenvalue weighted by atomic mass is 16.6. The van der Waals surface area contributed by atoms with Crippen molar-refractivity contribution in [1.82, 2.24) is 5.32 Å². The van der Waals surface area contributed by atoms with Crippen LogP contribution in [0.5, 0.6) is 0 Å². The Morgan fingerprint density at radius 1 is 1.35 bits per heavy atom. The molecule has 136 valence electrons. The number of carbonyl (C=O) groups is 1. The summed E-state index contributed by atoms with van der Waals surface area (Å²) in [7, 11) is 0. The number of rotatable bonds is 6. The second kappa shape index (κ2) is 8.31. The van der Waals surface area contributed by atoms with Gasteiger partial charge in [-0.25, -0.2) is 4.79 Å². The Kier molecular flexibility index (Phi) is 7.29. The topological polar surface area (TPSA) is 105 Å². The van der Waals surface area contributed by atoms with E-state index in [0.717, 1.165) is 12.8 Å². The molecule has 5 N–H and O–H groups in total. The zero-order chi connectivity index (χ0) is 17.8. The van der Waals surface area contributed by atoms with Crippen molar-refractivity contribution < 1.29 is 19.7 Å². The minimum Gasteiger partial charge on any atom is -0.444 e. The van der Waals surface area contributed by atoms with Crippen LogP contribution >= 0.6 is 0 Å². The second-order valence-corrected chi connectivity index (χ2v) is 7.65. The van der Waals surface area contributed by atoms with Gasteiger partial charge in [0.15, 0.2) is 0 Å². The van der Waals surface area contributed by atoms with Crippen LogP contribution in [0.2, 0.25) is 0 Å². The lowest BCUT2D eigenvalue weighted by molar-refractivity contribution is 0.0345. The van der Waals surface area contributed by atoms with E-state index in [4.69, 9.17) is 10.5 Å². The van der Waals surface area contributed by atoms with Crippen LogP contribution in [0.15, 0.2) is 0 Å². The van der Waals surface area contributed by atoms with Gasteiger partial charge in [-0.2, -0.15) is 0 Å². The lowest BCUT2D eigenvalue weighted by Crippen LogP contribution is -2.51. The first-order chi connectivity index (χ1) is 10.6. The van der Waals surface area contributed by atoms with Crippen molar-refractivity contribution in [3.05, 3.63) is 0 Å². The first kappa shape index (κ1) is 20.2. The van der Waals surface area contributed by atoms with E-state index in [0.29, 0.717) is 6.42 Å². The highest BCUT2D eigenvalue weighted by Gasteiger charge is 2.47. The average molecular weight is 330 g/mol. The van der Waals surface area contributed by atoms with Gasteiger partial charge in [0, 0.05) is 30.5 Å². The first-order valence-corrected chi connectivity index (χ1v) is 8.68. The fourth-order valence-electron chi connectivity index (χ4n) is 3.61. The highest BCUT2D eigenvalue weighted by molar-refractivity contribution is 5.68. The summed E-state index contributed by atoms with van der Waals surface area (Å²) in [6.45, 7) is 9.46. The maximum Gasteiger partial charge on any atom is 0.407 e. The number of amides is 1. The van der Waals surface area contributed by atoms with Gasteiger partial charge in [0.2, 0.25) is 0 Å². The van der Waals surface area contributed by atoms with Crippen LogP contribution in [0.1, 0.15) is 53.9 Å². The van der Waals surface area contributed by atoms with Crippen LogP contribution < -0.4 is 11.1 Å². The maximum atomic E-state index is 12.1. The lowest BCUT2D eigenvalue weighted by Gasteiger charge is -2.34. The Labute approximate surface area is 139 Å². The van der Waals surface area contributed by atoms with E-state index >= 15 is 0 Å². The molecule has 1 rings (SSSR count). The number of alkyl carbamates (subject to hydrolysis) is 1. The predicted octanol–water partition coefficient (Wildman–Crippen LogP) is 1.63. The number of carbonyl (C=O) groups excluding carboxylic acids is 1. The molecule has 6 nitrogen and oxygen atoms in total. The smallest absolute Gasteiger partial charge is 0.407 e. The van der Waals surface area contributed by atoms with Crippen LogP contribution in [0.4, 0.5) is 4.79 Å².